The Morgan fingerprint density at radius 3 is 2.50 bits per heavy atom. The van der Waals surface area contributed by atoms with Crippen LogP contribution in [-0.2, 0) is 14.8 Å². The predicted molar refractivity (Wildman–Crippen MR) is 92.3 cm³/mol. The van der Waals surface area contributed by atoms with Gasteiger partial charge in [0, 0.05) is 19.0 Å². The first kappa shape index (κ1) is 18.3. The quantitative estimate of drug-likeness (QED) is 0.686. The molecule has 0 bridgehead atoms. The summed E-state index contributed by atoms with van der Waals surface area (Å²) < 4.78 is 25.0. The van der Waals surface area contributed by atoms with Gasteiger partial charge in [0.1, 0.15) is 0 Å². The zero-order valence-corrected chi connectivity index (χ0v) is 14.5. The second kappa shape index (κ2) is 8.14. The number of carbonyl (C=O) groups is 2. The second-order valence-corrected chi connectivity index (χ2v) is 7.72. The molecule has 0 atom stereocenters. The lowest BCUT2D eigenvalue weighted by Crippen LogP contribution is -2.35. The van der Waals surface area contributed by atoms with Crippen molar-refractivity contribution in [3.05, 3.63) is 29.8 Å². The molecule has 1 aliphatic rings. The van der Waals surface area contributed by atoms with Crippen LogP contribution in [-0.4, -0.2) is 39.1 Å². The van der Waals surface area contributed by atoms with E-state index in [4.69, 9.17) is 0 Å². The summed E-state index contributed by atoms with van der Waals surface area (Å²) in [5, 5.41) is 5.60. The Balaban J connectivity index is 1.85. The number of carbonyl (C=O) groups excluding carboxylic acids is 2. The largest absolute Gasteiger partial charge is 0.353 e. The maximum absolute atomic E-state index is 12.2. The van der Waals surface area contributed by atoms with E-state index in [0.717, 1.165) is 31.9 Å². The van der Waals surface area contributed by atoms with Gasteiger partial charge in [0.15, 0.2) is 0 Å². The highest BCUT2D eigenvalue weighted by Crippen LogP contribution is 2.18. The molecular formula is C16H23N3O4S. The van der Waals surface area contributed by atoms with Crippen molar-refractivity contribution in [2.45, 2.75) is 38.1 Å². The number of rotatable bonds is 7. The molecule has 2 rings (SSSR count). The van der Waals surface area contributed by atoms with Crippen LogP contribution in [0.4, 0.5) is 5.69 Å². The second-order valence-electron chi connectivity index (χ2n) is 5.97. The highest BCUT2D eigenvalue weighted by Gasteiger charge is 2.17. The molecule has 1 fully saturated rings. The highest BCUT2D eigenvalue weighted by molar-refractivity contribution is 7.92. The summed E-state index contributed by atoms with van der Waals surface area (Å²) in [4.78, 5) is 24.0. The van der Waals surface area contributed by atoms with Crippen LogP contribution in [0.5, 0.6) is 0 Å². The van der Waals surface area contributed by atoms with Crippen molar-refractivity contribution in [1.29, 1.82) is 0 Å². The zero-order chi connectivity index (χ0) is 17.6. The van der Waals surface area contributed by atoms with Gasteiger partial charge in [-0.1, -0.05) is 25.0 Å². The Morgan fingerprint density at radius 2 is 1.83 bits per heavy atom. The van der Waals surface area contributed by atoms with Gasteiger partial charge in [0.25, 0.3) is 5.91 Å². The number of para-hydroxylation sites is 1. The van der Waals surface area contributed by atoms with Crippen molar-refractivity contribution in [3.8, 4) is 0 Å². The molecule has 2 amide bonds. The van der Waals surface area contributed by atoms with Crippen LogP contribution in [0.25, 0.3) is 0 Å². The average molecular weight is 353 g/mol. The minimum absolute atomic E-state index is 0.0789. The third-order valence-electron chi connectivity index (χ3n) is 3.82. The number of nitrogens with one attached hydrogen (secondary N) is 3. The van der Waals surface area contributed by atoms with E-state index in [2.05, 4.69) is 15.4 Å². The first-order valence-electron chi connectivity index (χ1n) is 7.99. The Kier molecular flexibility index (Phi) is 6.19. The molecule has 132 valence electrons. The minimum Gasteiger partial charge on any atom is -0.353 e. The number of hydrogen-bond acceptors (Lipinski definition) is 4. The monoisotopic (exact) mass is 353 g/mol. The van der Waals surface area contributed by atoms with Gasteiger partial charge in [-0.3, -0.25) is 14.3 Å². The van der Waals surface area contributed by atoms with Crippen LogP contribution in [0.3, 0.4) is 0 Å². The van der Waals surface area contributed by atoms with Gasteiger partial charge < -0.3 is 10.6 Å². The minimum atomic E-state index is -3.47. The lowest BCUT2D eigenvalue weighted by Gasteiger charge is -2.13. The summed E-state index contributed by atoms with van der Waals surface area (Å²) in [5.74, 6) is -0.500. The molecule has 1 aliphatic carbocycles. The van der Waals surface area contributed by atoms with Crippen molar-refractivity contribution < 1.29 is 18.0 Å². The molecule has 0 aromatic heterocycles. The van der Waals surface area contributed by atoms with E-state index >= 15 is 0 Å². The van der Waals surface area contributed by atoms with Gasteiger partial charge >= 0.3 is 0 Å². The van der Waals surface area contributed by atoms with E-state index in [-0.39, 0.29) is 36.2 Å². The summed E-state index contributed by atoms with van der Waals surface area (Å²) in [5.41, 5.74) is 0.437. The molecule has 3 N–H and O–H groups in total. The average Bonchev–Trinajstić information content (AvgIpc) is 2.98. The smallest absolute Gasteiger partial charge is 0.253 e. The van der Waals surface area contributed by atoms with Crippen molar-refractivity contribution in [2.75, 3.05) is 17.5 Å². The van der Waals surface area contributed by atoms with Gasteiger partial charge in [-0.15, -0.1) is 0 Å². The Bertz CT molecular complexity index is 697. The number of hydrogen-bond donors (Lipinski definition) is 3. The van der Waals surface area contributed by atoms with Gasteiger partial charge in [-0.05, 0) is 25.0 Å². The topological polar surface area (TPSA) is 104 Å². The van der Waals surface area contributed by atoms with Gasteiger partial charge in [-0.2, -0.15) is 0 Å². The van der Waals surface area contributed by atoms with E-state index in [1.54, 1.807) is 12.1 Å². The fraction of sp³-hybridized carbons (Fsp3) is 0.500. The first-order chi connectivity index (χ1) is 11.3. The van der Waals surface area contributed by atoms with Crippen LogP contribution < -0.4 is 15.4 Å². The maximum Gasteiger partial charge on any atom is 0.253 e. The molecule has 8 heteroatoms. The number of amides is 2. The third-order valence-corrected chi connectivity index (χ3v) is 4.42. The fourth-order valence-electron chi connectivity index (χ4n) is 2.72. The lowest BCUT2D eigenvalue weighted by molar-refractivity contribution is -0.121. The van der Waals surface area contributed by atoms with E-state index < -0.39 is 15.9 Å². The summed E-state index contributed by atoms with van der Waals surface area (Å²) in [7, 11) is -3.47. The van der Waals surface area contributed by atoms with Crippen molar-refractivity contribution >= 4 is 27.5 Å². The SMILES string of the molecule is CS(=O)(=O)Nc1ccccc1C(=O)NCCC(=O)NC1CCCC1. The highest BCUT2D eigenvalue weighted by atomic mass is 32.2. The molecular weight excluding hydrogens is 330 g/mol. The predicted octanol–water partition coefficient (Wildman–Crippen LogP) is 1.24. The summed E-state index contributed by atoms with van der Waals surface area (Å²) >= 11 is 0. The van der Waals surface area contributed by atoms with E-state index in [1.165, 1.54) is 12.1 Å². The molecule has 0 spiro atoms. The van der Waals surface area contributed by atoms with Crippen LogP contribution in [0.15, 0.2) is 24.3 Å². The van der Waals surface area contributed by atoms with Crippen LogP contribution in [0, 0.1) is 0 Å². The molecule has 0 saturated heterocycles. The summed E-state index contributed by atoms with van der Waals surface area (Å²) in [6.45, 7) is 0.199. The number of sulfonamides is 1. The standard InChI is InChI=1S/C16H23N3O4S/c1-24(22,23)19-14-9-5-4-8-13(14)16(21)17-11-10-15(20)18-12-6-2-3-7-12/h4-5,8-9,12,19H,2-3,6-7,10-11H2,1H3,(H,17,21)(H,18,20). The molecule has 24 heavy (non-hydrogen) atoms. The van der Waals surface area contributed by atoms with E-state index in [0.29, 0.717) is 0 Å². The van der Waals surface area contributed by atoms with Crippen molar-refractivity contribution in [3.63, 3.8) is 0 Å². The molecule has 0 aliphatic heterocycles. The van der Waals surface area contributed by atoms with Crippen LogP contribution >= 0.6 is 0 Å². The van der Waals surface area contributed by atoms with Crippen LogP contribution in [0.1, 0.15) is 42.5 Å². The fourth-order valence-corrected chi connectivity index (χ4v) is 3.30. The first-order valence-corrected chi connectivity index (χ1v) is 9.88. The van der Waals surface area contributed by atoms with E-state index in [9.17, 15) is 18.0 Å². The normalized spacial score (nSPS) is 15.0. The summed E-state index contributed by atoms with van der Waals surface area (Å²) in [6, 6.07) is 6.59. The zero-order valence-electron chi connectivity index (χ0n) is 13.7. The van der Waals surface area contributed by atoms with E-state index in [1.807, 2.05) is 0 Å². The molecule has 1 aromatic rings. The van der Waals surface area contributed by atoms with Crippen molar-refractivity contribution in [1.82, 2.24) is 10.6 Å². The number of benzene rings is 1. The van der Waals surface area contributed by atoms with Crippen LogP contribution in [0.2, 0.25) is 0 Å². The molecule has 0 unspecified atom stereocenters. The number of anilines is 1. The Labute approximate surface area is 142 Å². The molecule has 0 radical (unpaired) electrons. The molecule has 0 heterocycles. The molecule has 1 aromatic carbocycles. The van der Waals surface area contributed by atoms with Gasteiger partial charge in [0.2, 0.25) is 15.9 Å². The Morgan fingerprint density at radius 1 is 1.17 bits per heavy atom. The maximum atomic E-state index is 12.2. The lowest BCUT2D eigenvalue weighted by atomic mass is 10.1. The third kappa shape index (κ3) is 5.84. The molecule has 7 nitrogen and oxygen atoms in total. The van der Waals surface area contributed by atoms with Gasteiger partial charge in [-0.25, -0.2) is 8.42 Å². The Hall–Kier alpha value is -2.09. The van der Waals surface area contributed by atoms with Crippen molar-refractivity contribution in [2.24, 2.45) is 0 Å². The molecule has 1 saturated carbocycles. The van der Waals surface area contributed by atoms with Gasteiger partial charge in [0.05, 0.1) is 17.5 Å². The summed E-state index contributed by atoms with van der Waals surface area (Å²) in [6.07, 6.45) is 5.54.